The molecule has 0 aliphatic carbocycles. The largest absolute Gasteiger partial charge is 0.548 e. The monoisotopic (exact) mass is 594 g/mol. The number of rotatable bonds is 13. The van der Waals surface area contributed by atoms with Crippen LogP contribution >= 0.6 is 21.6 Å². The van der Waals surface area contributed by atoms with Crippen LogP contribution in [-0.2, 0) is 24.8 Å². The Morgan fingerprint density at radius 3 is 2.21 bits per heavy atom. The zero-order valence-electron chi connectivity index (χ0n) is 20.4. The molecule has 2 amide bonds. The van der Waals surface area contributed by atoms with Gasteiger partial charge in [-0.2, -0.15) is 13.2 Å². The van der Waals surface area contributed by atoms with Crippen LogP contribution in [-0.4, -0.2) is 66.8 Å². The normalized spacial score (nSPS) is 15.2. The molecule has 1 aromatic rings. The van der Waals surface area contributed by atoms with E-state index in [-0.39, 0.29) is 5.75 Å². The van der Waals surface area contributed by atoms with Crippen LogP contribution in [0.5, 0.6) is 5.75 Å². The van der Waals surface area contributed by atoms with E-state index in [9.17, 15) is 47.4 Å². The molecule has 0 fully saturated rings. The lowest BCUT2D eigenvalue weighted by molar-refractivity contribution is -0.309. The van der Waals surface area contributed by atoms with E-state index in [0.717, 1.165) is 30.0 Å². The van der Waals surface area contributed by atoms with Gasteiger partial charge in [0.2, 0.25) is 5.91 Å². The first kappa shape index (κ1) is 31.7. The number of hydrogen-bond donors (Lipinski definition) is 2. The first-order valence-electron chi connectivity index (χ1n) is 10.8. The van der Waals surface area contributed by atoms with E-state index >= 15 is 0 Å². The van der Waals surface area contributed by atoms with E-state index < -0.39 is 82.4 Å². The average Bonchev–Trinajstić information content (AvgIpc) is 3.67. The second-order valence-electron chi connectivity index (χ2n) is 8.18. The summed E-state index contributed by atoms with van der Waals surface area (Å²) in [6.45, 7) is 2.12. The number of amides is 2. The topological polar surface area (TPSA) is 199 Å². The Morgan fingerprint density at radius 1 is 1.08 bits per heavy atom. The maximum atomic E-state index is 13.4. The first-order chi connectivity index (χ1) is 18.1. The number of nitrogens with one attached hydrogen (secondary N) is 2. The fourth-order valence-corrected chi connectivity index (χ4v) is 4.66. The zero-order chi connectivity index (χ0) is 29.5. The van der Waals surface area contributed by atoms with Gasteiger partial charge in [0.15, 0.2) is 6.61 Å². The van der Waals surface area contributed by atoms with Crippen molar-refractivity contribution in [2.24, 2.45) is 16.1 Å². The van der Waals surface area contributed by atoms with Gasteiger partial charge in [0.05, 0.1) is 25.1 Å². The predicted molar refractivity (Wildman–Crippen MR) is 125 cm³/mol. The molecule has 214 valence electrons. The van der Waals surface area contributed by atoms with Gasteiger partial charge in [-0.1, -0.05) is 24.6 Å². The van der Waals surface area contributed by atoms with Crippen molar-refractivity contribution in [1.29, 1.82) is 0 Å². The Balaban J connectivity index is 2.16. The molecule has 18 heteroatoms. The number of aromatic carboxylic acids is 1. The third-order valence-corrected chi connectivity index (χ3v) is 7.07. The Bertz CT molecular complexity index is 1160. The van der Waals surface area contributed by atoms with Crippen LogP contribution in [0.4, 0.5) is 18.0 Å². The average molecular weight is 595 g/mol. The standard InChI is InChI=1S/C21H23F3N4O9S2/c1-9(2)15(18(33)34)26-16(30)13(8-38-39-19(35)36-3)25-14(29)7-37-12-5-10(17(31)32)4-11(6-12)20(27-28-20)21(22,23)24/h4-6,9,13,15H,7-8H2,1-3H3,(H,25,29)(H,26,30)(H,31,32)(H,33,34)/p-2/t13-,15+/m0/s1. The lowest BCUT2D eigenvalue weighted by Crippen LogP contribution is -2.57. The molecular weight excluding hydrogens is 573 g/mol. The number of halogens is 3. The number of benzene rings is 1. The summed E-state index contributed by atoms with van der Waals surface area (Å²) in [4.78, 5) is 59.2. The highest BCUT2D eigenvalue weighted by atomic mass is 33.1. The highest BCUT2D eigenvalue weighted by Crippen LogP contribution is 2.53. The Labute approximate surface area is 226 Å². The molecule has 13 nitrogen and oxygen atoms in total. The van der Waals surface area contributed by atoms with E-state index in [0.29, 0.717) is 16.9 Å². The maximum absolute atomic E-state index is 13.4. The van der Waals surface area contributed by atoms with Crippen LogP contribution in [0.1, 0.15) is 29.8 Å². The quantitative estimate of drug-likeness (QED) is 0.232. The summed E-state index contributed by atoms with van der Waals surface area (Å²) >= 11 is 0. The molecule has 1 heterocycles. The van der Waals surface area contributed by atoms with E-state index in [4.69, 9.17) is 4.74 Å². The zero-order valence-corrected chi connectivity index (χ0v) is 22.0. The molecule has 1 aliphatic heterocycles. The number of nitrogens with zero attached hydrogens (tertiary/aromatic N) is 2. The molecule has 1 aromatic carbocycles. The molecule has 0 radical (unpaired) electrons. The lowest BCUT2D eigenvalue weighted by Gasteiger charge is -2.26. The number of carboxylic acids is 2. The predicted octanol–water partition coefficient (Wildman–Crippen LogP) is 0.133. The Kier molecular flexibility index (Phi) is 10.6. The lowest BCUT2D eigenvalue weighted by atomic mass is 10.00. The second-order valence-corrected chi connectivity index (χ2v) is 10.5. The van der Waals surface area contributed by atoms with Gasteiger partial charge in [0, 0.05) is 27.7 Å². The van der Waals surface area contributed by atoms with Gasteiger partial charge < -0.3 is 39.9 Å². The van der Waals surface area contributed by atoms with E-state index in [1.54, 1.807) is 0 Å². The molecule has 1 aliphatic rings. The number of alkyl halides is 3. The number of methoxy groups -OCH3 is 1. The number of carbonyl (C=O) groups excluding carboxylic acids is 5. The van der Waals surface area contributed by atoms with Crippen molar-refractivity contribution in [3.63, 3.8) is 0 Å². The van der Waals surface area contributed by atoms with Crippen molar-refractivity contribution >= 4 is 50.6 Å². The second kappa shape index (κ2) is 13.0. The summed E-state index contributed by atoms with van der Waals surface area (Å²) in [7, 11) is 2.53. The van der Waals surface area contributed by atoms with Gasteiger partial charge in [-0.05, 0) is 24.1 Å². The number of hydrogen-bond acceptors (Lipinski definition) is 13. The molecule has 2 N–H and O–H groups in total. The molecule has 0 unspecified atom stereocenters. The summed E-state index contributed by atoms with van der Waals surface area (Å²) in [5, 5.41) is 32.4. The third-order valence-electron chi connectivity index (χ3n) is 5.01. The minimum atomic E-state index is -4.97. The number of ether oxygens (including phenoxy) is 2. The van der Waals surface area contributed by atoms with Crippen LogP contribution in [0.15, 0.2) is 28.4 Å². The molecule has 0 spiro atoms. The van der Waals surface area contributed by atoms with Crippen molar-refractivity contribution < 1.29 is 56.8 Å². The van der Waals surface area contributed by atoms with Crippen LogP contribution in [0, 0.1) is 5.92 Å². The fourth-order valence-electron chi connectivity index (χ4n) is 2.95. The fraction of sp³-hybridized carbons (Fsp3) is 0.476. The molecule has 2 rings (SSSR count). The molecular formula is C21H21F3N4O9S2-2. The van der Waals surface area contributed by atoms with E-state index in [1.807, 2.05) is 0 Å². The van der Waals surface area contributed by atoms with Gasteiger partial charge >= 0.3 is 17.1 Å². The van der Waals surface area contributed by atoms with Gasteiger partial charge in [-0.3, -0.25) is 9.59 Å². The number of aliphatic carboxylic acids is 1. The smallest absolute Gasteiger partial charge is 0.442 e. The third kappa shape index (κ3) is 8.47. The minimum Gasteiger partial charge on any atom is -0.548 e. The molecule has 0 aromatic heterocycles. The van der Waals surface area contributed by atoms with Gasteiger partial charge in [-0.25, -0.2) is 4.79 Å². The molecule has 39 heavy (non-hydrogen) atoms. The van der Waals surface area contributed by atoms with Crippen LogP contribution in [0.25, 0.3) is 0 Å². The van der Waals surface area contributed by atoms with Gasteiger partial charge in [-0.15, -0.1) is 10.2 Å². The van der Waals surface area contributed by atoms with Crippen molar-refractivity contribution in [1.82, 2.24) is 10.6 Å². The van der Waals surface area contributed by atoms with Gasteiger partial charge in [0.25, 0.3) is 5.91 Å². The Hall–Kier alpha value is -3.54. The van der Waals surface area contributed by atoms with Crippen LogP contribution < -0.4 is 25.6 Å². The highest BCUT2D eigenvalue weighted by molar-refractivity contribution is 8.82. The van der Waals surface area contributed by atoms with Crippen LogP contribution in [0.3, 0.4) is 0 Å². The van der Waals surface area contributed by atoms with Crippen molar-refractivity contribution in [3.8, 4) is 5.75 Å². The summed E-state index contributed by atoms with van der Waals surface area (Å²) in [5.41, 5.74) is -4.34. The van der Waals surface area contributed by atoms with Crippen LogP contribution in [0.2, 0.25) is 0 Å². The van der Waals surface area contributed by atoms with Crippen molar-refractivity contribution in [2.45, 2.75) is 37.8 Å². The van der Waals surface area contributed by atoms with Crippen molar-refractivity contribution in [2.75, 3.05) is 19.5 Å². The highest BCUT2D eigenvalue weighted by Gasteiger charge is 2.65. The SMILES string of the molecule is COC(=O)SSC[C@H](NC(=O)COc1cc(C(=O)[O-])cc(C2(C(F)(F)F)N=N2)c1)C(=O)N[C@@H](C(=O)[O-])C(C)C. The maximum Gasteiger partial charge on any atom is 0.442 e. The molecule has 2 atom stereocenters. The molecule has 0 saturated carbocycles. The number of carboxylic acid groups (broad SMARTS) is 2. The van der Waals surface area contributed by atoms with E-state index in [2.05, 4.69) is 25.6 Å². The Morgan fingerprint density at radius 2 is 1.72 bits per heavy atom. The first-order valence-corrected chi connectivity index (χ1v) is 13.1. The summed E-state index contributed by atoms with van der Waals surface area (Å²) in [6.07, 6.45) is -4.97. The van der Waals surface area contributed by atoms with E-state index in [1.165, 1.54) is 13.8 Å². The van der Waals surface area contributed by atoms with Crippen molar-refractivity contribution in [3.05, 3.63) is 29.3 Å². The summed E-state index contributed by atoms with van der Waals surface area (Å²) < 4.78 is 49.7. The minimum absolute atomic E-state index is 0.239. The summed E-state index contributed by atoms with van der Waals surface area (Å²) in [6, 6.07) is -0.524. The van der Waals surface area contributed by atoms with Gasteiger partial charge in [0.1, 0.15) is 11.8 Å². The summed E-state index contributed by atoms with van der Waals surface area (Å²) in [5.74, 6) is -6.60. The molecule has 0 bridgehead atoms. The number of carbonyl (C=O) groups is 5. The molecule has 0 saturated heterocycles.